The fraction of sp³-hybridized carbons (Fsp3) is 0.111. The minimum atomic E-state index is -4.53. The summed E-state index contributed by atoms with van der Waals surface area (Å²) >= 11 is 5.60. The number of hydrogen-bond donors (Lipinski definition) is 2. The molecule has 92 valence electrons. The average molecular weight is 267 g/mol. The van der Waals surface area contributed by atoms with E-state index in [1.165, 1.54) is 0 Å². The van der Waals surface area contributed by atoms with Gasteiger partial charge in [-0.1, -0.05) is 16.8 Å². The molecular weight excluding hydrogens is 261 g/mol. The lowest BCUT2D eigenvalue weighted by atomic mass is 10.2. The van der Waals surface area contributed by atoms with Crippen LogP contribution in [0.1, 0.15) is 5.56 Å². The van der Waals surface area contributed by atoms with Crippen molar-refractivity contribution in [3.63, 3.8) is 0 Å². The fourth-order valence-electron chi connectivity index (χ4n) is 1.01. The zero-order valence-electron chi connectivity index (χ0n) is 8.12. The van der Waals surface area contributed by atoms with Crippen molar-refractivity contribution < 1.29 is 23.2 Å². The lowest BCUT2D eigenvalue weighted by molar-refractivity contribution is -0.137. The van der Waals surface area contributed by atoms with Crippen LogP contribution in [0.4, 0.5) is 18.9 Å². The topological polar surface area (TPSA) is 61.7 Å². The number of anilines is 1. The lowest BCUT2D eigenvalue weighted by Gasteiger charge is -2.10. The summed E-state index contributed by atoms with van der Waals surface area (Å²) in [6.45, 7) is 0. The molecule has 0 saturated carbocycles. The molecule has 0 bridgehead atoms. The normalized spacial score (nSPS) is 11.8. The molecule has 4 nitrogen and oxygen atoms in total. The third kappa shape index (κ3) is 3.63. The van der Waals surface area contributed by atoms with Gasteiger partial charge in [0.25, 0.3) is 5.91 Å². The number of halogens is 4. The number of oxime groups is 1. The van der Waals surface area contributed by atoms with E-state index in [1.54, 1.807) is 0 Å². The number of nitrogens with zero attached hydrogens (tertiary/aromatic N) is 1. The smallest absolute Gasteiger partial charge is 0.411 e. The Bertz CT molecular complexity index is 460. The molecule has 0 fully saturated rings. The molecule has 8 heteroatoms. The van der Waals surface area contributed by atoms with Gasteiger partial charge >= 0.3 is 6.18 Å². The maximum Gasteiger partial charge on any atom is 0.416 e. The van der Waals surface area contributed by atoms with Crippen molar-refractivity contribution in [1.82, 2.24) is 0 Å². The molecule has 17 heavy (non-hydrogen) atoms. The third-order valence-electron chi connectivity index (χ3n) is 1.73. The van der Waals surface area contributed by atoms with Crippen LogP contribution in [-0.4, -0.2) is 17.3 Å². The standard InChI is InChI=1S/C9H6ClF3N2O2/c10-6-2-1-5(9(11,12)13)3-7(6)15-8(16)4-14-17/h1-4,17H,(H,15,16)/b14-4-. The number of alkyl halides is 3. The van der Waals surface area contributed by atoms with Crippen LogP contribution in [0.15, 0.2) is 23.4 Å². The second kappa shape index (κ2) is 5.05. The van der Waals surface area contributed by atoms with E-state index in [2.05, 4.69) is 5.16 Å². The second-order valence-electron chi connectivity index (χ2n) is 2.93. The molecule has 1 aromatic rings. The summed E-state index contributed by atoms with van der Waals surface area (Å²) in [5, 5.41) is 12.5. The van der Waals surface area contributed by atoms with Gasteiger partial charge in [0.05, 0.1) is 16.3 Å². The van der Waals surface area contributed by atoms with Gasteiger partial charge in [-0.2, -0.15) is 13.2 Å². The first-order valence-electron chi connectivity index (χ1n) is 4.19. The highest BCUT2D eigenvalue weighted by molar-refractivity contribution is 6.36. The zero-order chi connectivity index (χ0) is 13.1. The molecule has 0 atom stereocenters. The maximum absolute atomic E-state index is 12.4. The van der Waals surface area contributed by atoms with E-state index in [-0.39, 0.29) is 10.7 Å². The van der Waals surface area contributed by atoms with Crippen LogP contribution in [0, 0.1) is 0 Å². The van der Waals surface area contributed by atoms with E-state index in [0.29, 0.717) is 12.3 Å². The van der Waals surface area contributed by atoms with Crippen LogP contribution >= 0.6 is 11.6 Å². The van der Waals surface area contributed by atoms with Crippen LogP contribution in [0.3, 0.4) is 0 Å². The lowest BCUT2D eigenvalue weighted by Crippen LogP contribution is -2.14. The first-order valence-corrected chi connectivity index (χ1v) is 4.57. The molecule has 0 spiro atoms. The highest BCUT2D eigenvalue weighted by atomic mass is 35.5. The fourth-order valence-corrected chi connectivity index (χ4v) is 1.18. The summed E-state index contributed by atoms with van der Waals surface area (Å²) in [6.07, 6.45) is -4.04. The maximum atomic E-state index is 12.4. The summed E-state index contributed by atoms with van der Waals surface area (Å²) in [5.41, 5.74) is -1.16. The molecule has 0 radical (unpaired) electrons. The minimum absolute atomic E-state index is 0.0577. The van der Waals surface area contributed by atoms with E-state index < -0.39 is 17.6 Å². The summed E-state index contributed by atoms with van der Waals surface area (Å²) in [7, 11) is 0. The van der Waals surface area contributed by atoms with E-state index in [9.17, 15) is 18.0 Å². The van der Waals surface area contributed by atoms with Gasteiger partial charge in [0, 0.05) is 0 Å². The van der Waals surface area contributed by atoms with Crippen molar-refractivity contribution in [2.24, 2.45) is 5.16 Å². The average Bonchev–Trinajstić information content (AvgIpc) is 2.20. The predicted molar refractivity (Wildman–Crippen MR) is 55.4 cm³/mol. The van der Waals surface area contributed by atoms with E-state index in [1.807, 2.05) is 5.32 Å². The van der Waals surface area contributed by atoms with Gasteiger partial charge in [0.15, 0.2) is 0 Å². The Hall–Kier alpha value is -1.76. The van der Waals surface area contributed by atoms with Gasteiger partial charge in [0.2, 0.25) is 0 Å². The summed E-state index contributed by atoms with van der Waals surface area (Å²) in [6, 6.07) is 2.49. The molecule has 2 N–H and O–H groups in total. The molecule has 1 rings (SSSR count). The molecule has 0 heterocycles. The monoisotopic (exact) mass is 266 g/mol. The molecule has 0 aliphatic carbocycles. The Balaban J connectivity index is 3.03. The molecule has 0 aliphatic heterocycles. The Morgan fingerprint density at radius 1 is 1.47 bits per heavy atom. The number of carbonyl (C=O) groups excluding carboxylic acids is 1. The molecule has 1 aromatic carbocycles. The SMILES string of the molecule is O=C(/C=N\O)Nc1cc(C(F)(F)F)ccc1Cl. The Kier molecular flexibility index (Phi) is 3.95. The van der Waals surface area contributed by atoms with E-state index in [4.69, 9.17) is 16.8 Å². The summed E-state index contributed by atoms with van der Waals surface area (Å²) < 4.78 is 37.1. The van der Waals surface area contributed by atoms with Crippen molar-refractivity contribution in [2.45, 2.75) is 6.18 Å². The first kappa shape index (κ1) is 13.3. The van der Waals surface area contributed by atoms with E-state index >= 15 is 0 Å². The summed E-state index contributed by atoms with van der Waals surface area (Å²) in [4.78, 5) is 11.0. The van der Waals surface area contributed by atoms with Gasteiger partial charge in [0.1, 0.15) is 6.21 Å². The number of carbonyl (C=O) groups is 1. The van der Waals surface area contributed by atoms with E-state index in [0.717, 1.165) is 12.1 Å². The minimum Gasteiger partial charge on any atom is -0.411 e. The quantitative estimate of drug-likeness (QED) is 0.491. The first-order chi connectivity index (χ1) is 7.84. The Labute approximate surface area is 98.7 Å². The molecular formula is C9H6ClF3N2O2. The van der Waals surface area contributed by atoms with Crippen molar-refractivity contribution in [1.29, 1.82) is 0 Å². The van der Waals surface area contributed by atoms with Gasteiger partial charge in [-0.15, -0.1) is 0 Å². The Morgan fingerprint density at radius 3 is 2.65 bits per heavy atom. The third-order valence-corrected chi connectivity index (χ3v) is 2.06. The number of hydrogen-bond acceptors (Lipinski definition) is 3. The number of nitrogens with one attached hydrogen (secondary N) is 1. The molecule has 0 aromatic heterocycles. The van der Waals surface area contributed by atoms with Crippen molar-refractivity contribution in [3.8, 4) is 0 Å². The largest absolute Gasteiger partial charge is 0.416 e. The van der Waals surface area contributed by atoms with Crippen molar-refractivity contribution in [3.05, 3.63) is 28.8 Å². The number of benzene rings is 1. The van der Waals surface area contributed by atoms with Gasteiger partial charge in [-0.3, -0.25) is 4.79 Å². The molecule has 0 unspecified atom stereocenters. The van der Waals surface area contributed by atoms with Gasteiger partial charge in [-0.05, 0) is 18.2 Å². The van der Waals surface area contributed by atoms with Crippen molar-refractivity contribution >= 4 is 29.4 Å². The van der Waals surface area contributed by atoms with Crippen LogP contribution < -0.4 is 5.32 Å². The highest BCUT2D eigenvalue weighted by Crippen LogP contribution is 2.33. The predicted octanol–water partition coefficient (Wildman–Crippen LogP) is 2.76. The van der Waals surface area contributed by atoms with Crippen LogP contribution in [0.2, 0.25) is 5.02 Å². The second-order valence-corrected chi connectivity index (χ2v) is 3.33. The Morgan fingerprint density at radius 2 is 2.12 bits per heavy atom. The van der Waals surface area contributed by atoms with Crippen LogP contribution in [0.25, 0.3) is 0 Å². The zero-order valence-corrected chi connectivity index (χ0v) is 8.88. The van der Waals surface area contributed by atoms with Gasteiger partial charge < -0.3 is 10.5 Å². The summed E-state index contributed by atoms with van der Waals surface area (Å²) in [5.74, 6) is -0.895. The number of amides is 1. The van der Waals surface area contributed by atoms with Crippen LogP contribution in [-0.2, 0) is 11.0 Å². The highest BCUT2D eigenvalue weighted by Gasteiger charge is 2.31. The number of rotatable bonds is 2. The van der Waals surface area contributed by atoms with Crippen LogP contribution in [0.5, 0.6) is 0 Å². The molecule has 0 aliphatic rings. The van der Waals surface area contributed by atoms with Gasteiger partial charge in [-0.25, -0.2) is 0 Å². The molecule has 1 amide bonds. The molecule has 0 saturated heterocycles. The van der Waals surface area contributed by atoms with Crippen molar-refractivity contribution in [2.75, 3.05) is 5.32 Å².